The van der Waals surface area contributed by atoms with E-state index in [1.54, 1.807) is 25.5 Å². The molecule has 1 aromatic rings. The summed E-state index contributed by atoms with van der Waals surface area (Å²) in [5.74, 6) is 0. The van der Waals surface area contributed by atoms with Crippen molar-refractivity contribution in [2.24, 2.45) is 0 Å². The van der Waals surface area contributed by atoms with Crippen molar-refractivity contribution in [3.8, 4) is 0 Å². The molecule has 0 amide bonds. The number of hydrogen-bond donors (Lipinski definition) is 0. The number of aldehydes is 1. The van der Waals surface area contributed by atoms with Crippen molar-refractivity contribution < 1.29 is 9.36 Å². The van der Waals surface area contributed by atoms with Crippen LogP contribution >= 0.6 is 7.14 Å². The maximum Gasteiger partial charge on any atom is 0.150 e. The molecule has 0 saturated carbocycles. The summed E-state index contributed by atoms with van der Waals surface area (Å²) >= 11 is 0. The predicted octanol–water partition coefficient (Wildman–Crippen LogP) is 3.13. The van der Waals surface area contributed by atoms with Crippen LogP contribution in [0.1, 0.15) is 17.3 Å². The van der Waals surface area contributed by atoms with Crippen LogP contribution in [-0.4, -0.2) is 25.8 Å². The zero-order chi connectivity index (χ0) is 11.0. The van der Waals surface area contributed by atoms with Gasteiger partial charge in [-0.3, -0.25) is 4.79 Å². The number of hydrogen-bond acceptors (Lipinski definition) is 2. The van der Waals surface area contributed by atoms with E-state index < -0.39 is 7.14 Å². The van der Waals surface area contributed by atoms with Gasteiger partial charge < -0.3 is 4.57 Å². The van der Waals surface area contributed by atoms with E-state index in [1.165, 1.54) is 0 Å². The lowest BCUT2D eigenvalue weighted by atomic mass is 10.2. The first-order valence-corrected chi connectivity index (χ1v) is 7.32. The van der Waals surface area contributed by atoms with Crippen LogP contribution in [0.15, 0.2) is 30.3 Å². The van der Waals surface area contributed by atoms with Crippen molar-refractivity contribution in [3.05, 3.63) is 35.9 Å². The minimum atomic E-state index is -1.65. The Morgan fingerprint density at radius 3 is 1.86 bits per heavy atom. The molecule has 0 radical (unpaired) electrons. The van der Waals surface area contributed by atoms with Crippen LogP contribution < -0.4 is 0 Å². The minimum Gasteiger partial charge on any atom is -0.324 e. The van der Waals surface area contributed by atoms with E-state index in [2.05, 4.69) is 0 Å². The molecule has 0 spiro atoms. The van der Waals surface area contributed by atoms with E-state index in [9.17, 15) is 9.36 Å². The van der Waals surface area contributed by atoms with E-state index in [4.69, 9.17) is 0 Å². The summed E-state index contributed by atoms with van der Waals surface area (Å²) in [5, 5.41) is 0. The Labute approximate surface area is 85.7 Å². The van der Waals surface area contributed by atoms with Gasteiger partial charge in [-0.2, -0.15) is 0 Å². The summed E-state index contributed by atoms with van der Waals surface area (Å²) in [6, 6.07) is 9.10. The van der Waals surface area contributed by atoms with Crippen molar-refractivity contribution in [2.75, 3.05) is 19.5 Å². The molecule has 0 bridgehead atoms. The second-order valence-electron chi connectivity index (χ2n) is 3.42. The molecule has 0 N–H and O–H groups in total. The molecule has 0 fully saturated rings. The maximum atomic E-state index is 10.6. The highest BCUT2D eigenvalue weighted by Gasteiger charge is 1.98. The summed E-state index contributed by atoms with van der Waals surface area (Å²) in [5.41, 5.74) is 0.729. The first-order chi connectivity index (χ1) is 6.49. The van der Waals surface area contributed by atoms with Crippen LogP contribution in [0.3, 0.4) is 0 Å². The van der Waals surface area contributed by atoms with E-state index >= 15 is 0 Å². The molecule has 0 aliphatic heterocycles. The summed E-state index contributed by atoms with van der Waals surface area (Å²) in [6.45, 7) is 5.54. The van der Waals surface area contributed by atoms with Crippen molar-refractivity contribution in [1.82, 2.24) is 0 Å². The van der Waals surface area contributed by atoms with E-state index in [0.717, 1.165) is 18.0 Å². The molecular weight excluding hydrogens is 195 g/mol. The minimum absolute atomic E-state index is 0.729. The average Bonchev–Trinajstić information content (AvgIpc) is 2.19. The first-order valence-electron chi connectivity index (χ1n) is 4.54. The van der Waals surface area contributed by atoms with Gasteiger partial charge in [-0.25, -0.2) is 0 Å². The smallest absolute Gasteiger partial charge is 0.150 e. The second kappa shape index (κ2) is 6.56. The Balaban J connectivity index is 0.000000255. The van der Waals surface area contributed by atoms with Crippen molar-refractivity contribution in [1.29, 1.82) is 0 Å². The molecular formula is C11H17O2P. The fraction of sp³-hybridized carbons (Fsp3) is 0.364. The third kappa shape index (κ3) is 7.75. The number of rotatable bonds is 2. The lowest BCUT2D eigenvalue weighted by Gasteiger charge is -1.95. The van der Waals surface area contributed by atoms with Gasteiger partial charge in [0.15, 0.2) is 0 Å². The van der Waals surface area contributed by atoms with E-state index in [1.807, 2.05) is 25.1 Å². The highest BCUT2D eigenvalue weighted by Crippen LogP contribution is 2.34. The zero-order valence-electron chi connectivity index (χ0n) is 8.93. The number of carbonyl (C=O) groups is 1. The number of benzene rings is 1. The summed E-state index contributed by atoms with van der Waals surface area (Å²) in [4.78, 5) is 10.0. The molecule has 1 rings (SSSR count). The van der Waals surface area contributed by atoms with Gasteiger partial charge in [-0.05, 0) is 19.5 Å². The van der Waals surface area contributed by atoms with Gasteiger partial charge in [-0.1, -0.05) is 37.3 Å². The van der Waals surface area contributed by atoms with Gasteiger partial charge in [0.25, 0.3) is 0 Å². The summed E-state index contributed by atoms with van der Waals surface area (Å²) in [7, 11) is -1.65. The van der Waals surface area contributed by atoms with Crippen LogP contribution in [0.4, 0.5) is 0 Å². The largest absolute Gasteiger partial charge is 0.324 e. The van der Waals surface area contributed by atoms with Crippen LogP contribution in [-0.2, 0) is 4.57 Å². The quantitative estimate of drug-likeness (QED) is 0.557. The molecule has 0 unspecified atom stereocenters. The topological polar surface area (TPSA) is 34.1 Å². The third-order valence-corrected chi connectivity index (χ3v) is 3.22. The van der Waals surface area contributed by atoms with Gasteiger partial charge in [0.05, 0.1) is 7.14 Å². The van der Waals surface area contributed by atoms with Gasteiger partial charge in [0.1, 0.15) is 6.29 Å². The van der Waals surface area contributed by atoms with Gasteiger partial charge in [0, 0.05) is 5.56 Å². The van der Waals surface area contributed by atoms with Gasteiger partial charge >= 0.3 is 0 Å². The molecule has 0 aromatic heterocycles. The molecule has 2 nitrogen and oxygen atoms in total. The Hall–Kier alpha value is -0.880. The average molecular weight is 212 g/mol. The standard InChI is InChI=1S/C7H6O.C4H11OP/c8-6-7-4-2-1-3-5-7;1-4-6(2,3)5/h1-6H;4H2,1-3H3. The molecule has 0 aliphatic carbocycles. The van der Waals surface area contributed by atoms with E-state index in [0.29, 0.717) is 0 Å². The summed E-state index contributed by atoms with van der Waals surface area (Å²) in [6.07, 6.45) is 1.66. The zero-order valence-corrected chi connectivity index (χ0v) is 9.83. The highest BCUT2D eigenvalue weighted by atomic mass is 31.2. The van der Waals surface area contributed by atoms with E-state index in [-0.39, 0.29) is 0 Å². The molecule has 1 aromatic carbocycles. The lowest BCUT2D eigenvalue weighted by Crippen LogP contribution is -1.74. The summed E-state index contributed by atoms with van der Waals surface area (Å²) < 4.78 is 10.6. The van der Waals surface area contributed by atoms with Crippen LogP contribution in [0.25, 0.3) is 0 Å². The number of carbonyl (C=O) groups excluding carboxylic acids is 1. The maximum absolute atomic E-state index is 10.6. The molecule has 3 heteroatoms. The Bertz CT molecular complexity index is 300. The predicted molar refractivity (Wildman–Crippen MR) is 61.8 cm³/mol. The monoisotopic (exact) mass is 212 g/mol. The molecule has 0 atom stereocenters. The Kier molecular flexibility index (Phi) is 6.14. The lowest BCUT2D eigenvalue weighted by molar-refractivity contribution is 0.112. The van der Waals surface area contributed by atoms with Gasteiger partial charge in [-0.15, -0.1) is 0 Å². The Morgan fingerprint density at radius 1 is 1.21 bits per heavy atom. The molecule has 0 heterocycles. The Morgan fingerprint density at radius 2 is 1.64 bits per heavy atom. The highest BCUT2D eigenvalue weighted by molar-refractivity contribution is 7.62. The van der Waals surface area contributed by atoms with Crippen molar-refractivity contribution >= 4 is 13.4 Å². The molecule has 0 saturated heterocycles. The van der Waals surface area contributed by atoms with Crippen LogP contribution in [0.5, 0.6) is 0 Å². The van der Waals surface area contributed by atoms with Crippen LogP contribution in [0, 0.1) is 0 Å². The normalized spacial score (nSPS) is 9.93. The molecule has 78 valence electrons. The fourth-order valence-electron chi connectivity index (χ4n) is 0.532. The second-order valence-corrected chi connectivity index (χ2v) is 7.20. The third-order valence-electron chi connectivity index (χ3n) is 1.70. The van der Waals surface area contributed by atoms with Gasteiger partial charge in [0.2, 0.25) is 0 Å². The van der Waals surface area contributed by atoms with Crippen molar-refractivity contribution in [2.45, 2.75) is 6.92 Å². The SMILES string of the molecule is CCP(C)(C)=O.O=Cc1ccccc1. The first kappa shape index (κ1) is 13.1. The molecule has 0 aliphatic rings. The fourth-order valence-corrected chi connectivity index (χ4v) is 0.532. The van der Waals surface area contributed by atoms with Crippen LogP contribution in [0.2, 0.25) is 0 Å². The van der Waals surface area contributed by atoms with Crippen molar-refractivity contribution in [3.63, 3.8) is 0 Å². The molecule has 14 heavy (non-hydrogen) atoms.